The zero-order valence-electron chi connectivity index (χ0n) is 16.5. The van der Waals surface area contributed by atoms with Gasteiger partial charge < -0.3 is 4.90 Å². The number of anilines is 1. The number of ketones is 1. The van der Waals surface area contributed by atoms with Gasteiger partial charge in [0, 0.05) is 37.6 Å². The molecular weight excluding hydrogens is 368 g/mol. The number of aromatic nitrogens is 2. The Hall–Kier alpha value is -2.31. The van der Waals surface area contributed by atoms with Crippen molar-refractivity contribution in [2.75, 3.05) is 38.6 Å². The van der Waals surface area contributed by atoms with Gasteiger partial charge >= 0.3 is 0 Å². The molecule has 0 radical (unpaired) electrons. The lowest BCUT2D eigenvalue weighted by atomic mass is 10.1. The Morgan fingerprint density at radius 1 is 1.07 bits per heavy atom. The monoisotopic (exact) mass is 394 g/mol. The van der Waals surface area contributed by atoms with E-state index in [0.29, 0.717) is 13.0 Å². The van der Waals surface area contributed by atoms with E-state index in [2.05, 4.69) is 39.1 Å². The number of Topliss-reactive ketones (excluding diaryl/α,β-unsaturated/α-hetero) is 1. The number of likely N-dealkylation sites (tertiary alicyclic amines) is 1. The molecule has 4 rings (SSSR count). The van der Waals surface area contributed by atoms with E-state index in [1.54, 1.807) is 11.3 Å². The van der Waals surface area contributed by atoms with Crippen molar-refractivity contribution in [1.29, 1.82) is 0 Å². The molecule has 0 N–H and O–H groups in total. The molecule has 0 saturated carbocycles. The Morgan fingerprint density at radius 2 is 1.89 bits per heavy atom. The van der Waals surface area contributed by atoms with Gasteiger partial charge in [-0.05, 0) is 49.0 Å². The van der Waals surface area contributed by atoms with E-state index in [-0.39, 0.29) is 5.78 Å². The molecule has 1 aliphatic heterocycles. The summed E-state index contributed by atoms with van der Waals surface area (Å²) in [5, 5.41) is 3.20. The number of thiazole rings is 1. The number of rotatable bonds is 6. The molecule has 1 saturated heterocycles. The first kappa shape index (κ1) is 19.0. The molecule has 1 aliphatic rings. The molecule has 0 atom stereocenters. The average Bonchev–Trinajstić information content (AvgIpc) is 3.19. The Labute approximate surface area is 170 Å². The van der Waals surface area contributed by atoms with Gasteiger partial charge in [-0.3, -0.25) is 14.7 Å². The summed E-state index contributed by atoms with van der Waals surface area (Å²) in [4.78, 5) is 26.9. The fraction of sp³-hybridized carbons (Fsp3) is 0.409. The fourth-order valence-corrected chi connectivity index (χ4v) is 4.50. The third kappa shape index (κ3) is 4.39. The van der Waals surface area contributed by atoms with E-state index >= 15 is 0 Å². The van der Waals surface area contributed by atoms with Crippen LogP contribution in [0.25, 0.3) is 21.2 Å². The molecule has 3 aromatic rings. The minimum absolute atomic E-state index is 0.253. The topological polar surface area (TPSA) is 49.3 Å². The van der Waals surface area contributed by atoms with Crippen LogP contribution in [0.1, 0.15) is 25.0 Å². The molecule has 5 nitrogen and oxygen atoms in total. The Bertz CT molecular complexity index is 976. The van der Waals surface area contributed by atoms with E-state index in [1.165, 1.54) is 19.3 Å². The third-order valence-electron chi connectivity index (χ3n) is 5.17. The lowest BCUT2D eigenvalue weighted by Gasteiger charge is -2.25. The van der Waals surface area contributed by atoms with Crippen LogP contribution in [0.15, 0.2) is 36.7 Å². The zero-order chi connectivity index (χ0) is 19.5. The SMILES string of the molecule is CN(C)c1ncc(-c2ccc3cnc(CC(=O)CN4CCCCC4)cc3c2)s1. The van der Waals surface area contributed by atoms with Gasteiger partial charge in [0.2, 0.25) is 0 Å². The first-order valence-electron chi connectivity index (χ1n) is 9.85. The van der Waals surface area contributed by atoms with Gasteiger partial charge in [-0.2, -0.15) is 0 Å². The standard InChI is InChI=1S/C22H26N4OS/c1-25(2)22-24-14-21(28-22)16-6-7-17-13-23-19(11-18(17)10-16)12-20(27)15-26-8-4-3-5-9-26/h6-7,10-11,13-14H,3-5,8-9,12,15H2,1-2H3. The lowest BCUT2D eigenvalue weighted by molar-refractivity contribution is -0.119. The molecule has 6 heteroatoms. The third-order valence-corrected chi connectivity index (χ3v) is 6.38. The predicted molar refractivity (Wildman–Crippen MR) is 116 cm³/mol. The summed E-state index contributed by atoms with van der Waals surface area (Å²) >= 11 is 1.68. The number of hydrogen-bond acceptors (Lipinski definition) is 6. The van der Waals surface area contributed by atoms with E-state index in [0.717, 1.165) is 45.1 Å². The highest BCUT2D eigenvalue weighted by Gasteiger charge is 2.15. The molecular formula is C22H26N4OS. The number of hydrogen-bond donors (Lipinski definition) is 0. The van der Waals surface area contributed by atoms with Crippen LogP contribution in [0.2, 0.25) is 0 Å². The highest BCUT2D eigenvalue weighted by atomic mass is 32.1. The fourth-order valence-electron chi connectivity index (χ4n) is 3.67. The summed E-state index contributed by atoms with van der Waals surface area (Å²) in [6.07, 6.45) is 7.90. The van der Waals surface area contributed by atoms with Crippen molar-refractivity contribution in [1.82, 2.24) is 14.9 Å². The second-order valence-electron chi connectivity index (χ2n) is 7.69. The van der Waals surface area contributed by atoms with Gasteiger partial charge in [0.05, 0.1) is 17.8 Å². The number of carbonyl (C=O) groups is 1. The summed E-state index contributed by atoms with van der Waals surface area (Å²) in [7, 11) is 4.00. The number of piperidine rings is 1. The van der Waals surface area contributed by atoms with Gasteiger partial charge in [0.1, 0.15) is 0 Å². The normalized spacial score (nSPS) is 15.1. The van der Waals surface area contributed by atoms with Crippen LogP contribution in [0.5, 0.6) is 0 Å². The maximum atomic E-state index is 12.5. The minimum atomic E-state index is 0.253. The minimum Gasteiger partial charge on any atom is -0.354 e. The van der Waals surface area contributed by atoms with Gasteiger partial charge in [0.15, 0.2) is 10.9 Å². The van der Waals surface area contributed by atoms with E-state index < -0.39 is 0 Å². The van der Waals surface area contributed by atoms with E-state index in [9.17, 15) is 4.79 Å². The van der Waals surface area contributed by atoms with E-state index in [1.807, 2.05) is 31.4 Å². The van der Waals surface area contributed by atoms with Crippen LogP contribution >= 0.6 is 11.3 Å². The van der Waals surface area contributed by atoms with Crippen LogP contribution in [-0.2, 0) is 11.2 Å². The first-order valence-corrected chi connectivity index (χ1v) is 10.7. The predicted octanol–water partition coefficient (Wildman–Crippen LogP) is 4.02. The van der Waals surface area contributed by atoms with Gasteiger partial charge in [0.25, 0.3) is 0 Å². The second kappa shape index (κ2) is 8.37. The van der Waals surface area contributed by atoms with Crippen molar-refractivity contribution in [3.8, 4) is 10.4 Å². The summed E-state index contributed by atoms with van der Waals surface area (Å²) in [5.41, 5.74) is 2.00. The number of carbonyl (C=O) groups excluding carboxylic acids is 1. The second-order valence-corrected chi connectivity index (χ2v) is 8.70. The number of nitrogens with zero attached hydrogens (tertiary/aromatic N) is 4. The Kier molecular flexibility index (Phi) is 5.69. The average molecular weight is 395 g/mol. The molecule has 146 valence electrons. The quantitative estimate of drug-likeness (QED) is 0.632. The van der Waals surface area contributed by atoms with Gasteiger partial charge in [-0.1, -0.05) is 29.9 Å². The lowest BCUT2D eigenvalue weighted by Crippen LogP contribution is -2.35. The van der Waals surface area contributed by atoms with Crippen molar-refractivity contribution < 1.29 is 4.79 Å². The molecule has 0 amide bonds. The van der Waals surface area contributed by atoms with Crippen LogP contribution in [0.4, 0.5) is 5.13 Å². The van der Waals surface area contributed by atoms with Gasteiger partial charge in [-0.15, -0.1) is 0 Å². The van der Waals surface area contributed by atoms with Crippen molar-refractivity contribution in [3.63, 3.8) is 0 Å². The molecule has 0 unspecified atom stereocenters. The number of benzene rings is 1. The van der Waals surface area contributed by atoms with Crippen LogP contribution < -0.4 is 4.90 Å². The molecule has 0 bridgehead atoms. The molecule has 1 aromatic carbocycles. The van der Waals surface area contributed by atoms with Crippen molar-refractivity contribution in [2.45, 2.75) is 25.7 Å². The molecule has 0 aliphatic carbocycles. The molecule has 28 heavy (non-hydrogen) atoms. The van der Waals surface area contributed by atoms with Crippen LogP contribution in [-0.4, -0.2) is 54.4 Å². The van der Waals surface area contributed by atoms with E-state index in [4.69, 9.17) is 0 Å². The highest BCUT2D eigenvalue weighted by molar-refractivity contribution is 7.18. The Morgan fingerprint density at radius 3 is 2.64 bits per heavy atom. The first-order chi connectivity index (χ1) is 13.6. The zero-order valence-corrected chi connectivity index (χ0v) is 17.3. The van der Waals surface area contributed by atoms with Crippen LogP contribution in [0, 0.1) is 0 Å². The Balaban J connectivity index is 1.51. The van der Waals surface area contributed by atoms with Gasteiger partial charge in [-0.25, -0.2) is 4.98 Å². The maximum absolute atomic E-state index is 12.5. The van der Waals surface area contributed by atoms with Crippen LogP contribution in [0.3, 0.4) is 0 Å². The molecule has 1 fully saturated rings. The molecule has 3 heterocycles. The van der Waals surface area contributed by atoms with Crippen molar-refractivity contribution in [3.05, 3.63) is 42.4 Å². The number of fused-ring (bicyclic) bond motifs is 1. The summed E-state index contributed by atoms with van der Waals surface area (Å²) in [6.45, 7) is 2.64. The summed E-state index contributed by atoms with van der Waals surface area (Å²) in [5.74, 6) is 0.253. The summed E-state index contributed by atoms with van der Waals surface area (Å²) < 4.78 is 0. The molecule has 0 spiro atoms. The van der Waals surface area contributed by atoms with Crippen molar-refractivity contribution >= 4 is 33.0 Å². The largest absolute Gasteiger partial charge is 0.354 e. The smallest absolute Gasteiger partial charge is 0.185 e. The summed E-state index contributed by atoms with van der Waals surface area (Å²) in [6, 6.07) is 8.42. The number of pyridine rings is 1. The highest BCUT2D eigenvalue weighted by Crippen LogP contribution is 2.32. The van der Waals surface area contributed by atoms with Crippen molar-refractivity contribution in [2.24, 2.45) is 0 Å². The molecule has 2 aromatic heterocycles. The maximum Gasteiger partial charge on any atom is 0.185 e.